The summed E-state index contributed by atoms with van der Waals surface area (Å²) < 4.78 is 5.87. The number of imide groups is 1. The highest BCUT2D eigenvalue weighted by atomic mass is 79.9. The van der Waals surface area contributed by atoms with E-state index in [0.29, 0.717) is 11.3 Å². The number of rotatable bonds is 4. The van der Waals surface area contributed by atoms with Crippen molar-refractivity contribution in [1.29, 1.82) is 0 Å². The Balaban J connectivity index is 2.32. The highest BCUT2D eigenvalue weighted by Gasteiger charge is 2.25. The first-order valence-electron chi connectivity index (χ1n) is 5.34. The quantitative estimate of drug-likeness (QED) is 0.802. The van der Waals surface area contributed by atoms with E-state index in [-0.39, 0.29) is 4.91 Å². The number of carboxylic acid groups (broad SMARTS) is 1. The number of halogens is 1. The number of carbonyl (C=O) groups is 3. The van der Waals surface area contributed by atoms with Gasteiger partial charge in [0.05, 0.1) is 4.91 Å². The van der Waals surface area contributed by atoms with Gasteiger partial charge in [-0.1, -0.05) is 15.9 Å². The van der Waals surface area contributed by atoms with E-state index in [1.807, 2.05) is 0 Å². The Morgan fingerprint density at radius 1 is 1.45 bits per heavy atom. The molecule has 0 aromatic heterocycles. The second kappa shape index (κ2) is 6.10. The number of amides is 2. The summed E-state index contributed by atoms with van der Waals surface area (Å²) in [4.78, 5) is 33.3. The molecule has 8 heteroatoms. The molecule has 0 unspecified atom stereocenters. The molecule has 1 fully saturated rings. The third kappa shape index (κ3) is 3.61. The summed E-state index contributed by atoms with van der Waals surface area (Å²) in [6.45, 7) is -0.490. The highest BCUT2D eigenvalue weighted by Crippen LogP contribution is 2.30. The molecular weight excluding hydrogens is 350 g/mol. The molecule has 1 heterocycles. The molecular formula is C12H8BrNO5S. The summed E-state index contributed by atoms with van der Waals surface area (Å²) in [5.74, 6) is -1.27. The van der Waals surface area contributed by atoms with Crippen LogP contribution < -0.4 is 10.1 Å². The third-order valence-electron chi connectivity index (χ3n) is 2.25. The van der Waals surface area contributed by atoms with Crippen LogP contribution in [0.5, 0.6) is 5.75 Å². The minimum atomic E-state index is -1.10. The van der Waals surface area contributed by atoms with Gasteiger partial charge in [0.1, 0.15) is 5.75 Å². The zero-order valence-corrected chi connectivity index (χ0v) is 12.3. The van der Waals surface area contributed by atoms with Crippen molar-refractivity contribution in [3.63, 3.8) is 0 Å². The molecule has 1 saturated heterocycles. The van der Waals surface area contributed by atoms with Crippen molar-refractivity contribution < 1.29 is 24.2 Å². The fraction of sp³-hybridized carbons (Fsp3) is 0.0833. The van der Waals surface area contributed by atoms with E-state index >= 15 is 0 Å². The van der Waals surface area contributed by atoms with Crippen LogP contribution in [0.25, 0.3) is 6.08 Å². The lowest BCUT2D eigenvalue weighted by molar-refractivity contribution is -0.139. The van der Waals surface area contributed by atoms with E-state index < -0.39 is 23.7 Å². The number of carbonyl (C=O) groups excluding carboxylic acids is 2. The van der Waals surface area contributed by atoms with Crippen molar-refractivity contribution in [1.82, 2.24) is 5.32 Å². The van der Waals surface area contributed by atoms with Crippen molar-refractivity contribution in [2.45, 2.75) is 0 Å². The lowest BCUT2D eigenvalue weighted by Crippen LogP contribution is -2.17. The standard InChI is InChI=1S/C12H8BrNO5S/c13-7-1-2-8(19-5-10(15)16)6(3-7)4-9-11(17)14-12(18)20-9/h1-4H,5H2,(H,15,16)(H,14,17,18)/b9-4-. The maximum absolute atomic E-state index is 11.5. The number of benzene rings is 1. The normalized spacial score (nSPS) is 16.4. The van der Waals surface area contributed by atoms with Gasteiger partial charge < -0.3 is 9.84 Å². The molecule has 104 valence electrons. The Morgan fingerprint density at radius 3 is 2.80 bits per heavy atom. The van der Waals surface area contributed by atoms with Gasteiger partial charge in [-0.3, -0.25) is 14.9 Å². The number of hydrogen-bond donors (Lipinski definition) is 2. The molecule has 0 saturated carbocycles. The Hall–Kier alpha value is -1.80. The fourth-order valence-electron chi connectivity index (χ4n) is 1.47. The monoisotopic (exact) mass is 357 g/mol. The van der Waals surface area contributed by atoms with Crippen LogP contribution in [0, 0.1) is 0 Å². The Labute approximate surface area is 126 Å². The minimum Gasteiger partial charge on any atom is -0.481 e. The van der Waals surface area contributed by atoms with Gasteiger partial charge in [0.25, 0.3) is 11.1 Å². The average Bonchev–Trinajstić information content (AvgIpc) is 2.66. The maximum Gasteiger partial charge on any atom is 0.341 e. The molecule has 1 aromatic carbocycles. The first kappa shape index (κ1) is 14.6. The summed E-state index contributed by atoms with van der Waals surface area (Å²) in [6, 6.07) is 4.94. The Morgan fingerprint density at radius 2 is 2.20 bits per heavy atom. The van der Waals surface area contributed by atoms with Crippen LogP contribution in [0.15, 0.2) is 27.6 Å². The summed E-state index contributed by atoms with van der Waals surface area (Å²) in [7, 11) is 0. The third-order valence-corrected chi connectivity index (χ3v) is 3.56. The lowest BCUT2D eigenvalue weighted by atomic mass is 10.2. The molecule has 6 nitrogen and oxygen atoms in total. The van der Waals surface area contributed by atoms with Crippen molar-refractivity contribution in [3.05, 3.63) is 33.1 Å². The SMILES string of the molecule is O=C(O)COc1ccc(Br)cc1/C=C1\SC(=O)NC1=O. The first-order chi connectivity index (χ1) is 9.45. The van der Waals surface area contributed by atoms with E-state index in [9.17, 15) is 14.4 Å². The molecule has 1 aliphatic rings. The number of nitrogens with one attached hydrogen (secondary N) is 1. The van der Waals surface area contributed by atoms with Crippen molar-refractivity contribution in [2.75, 3.05) is 6.61 Å². The molecule has 1 aromatic rings. The fourth-order valence-corrected chi connectivity index (χ4v) is 2.52. The lowest BCUT2D eigenvalue weighted by Gasteiger charge is -2.08. The molecule has 0 spiro atoms. The van der Waals surface area contributed by atoms with E-state index in [1.165, 1.54) is 6.08 Å². The summed E-state index contributed by atoms with van der Waals surface area (Å²) in [5, 5.41) is 10.3. The molecule has 0 radical (unpaired) electrons. The summed E-state index contributed by atoms with van der Waals surface area (Å²) >= 11 is 4.06. The molecule has 0 atom stereocenters. The molecule has 2 N–H and O–H groups in total. The second-order valence-corrected chi connectivity index (χ2v) is 5.65. The van der Waals surface area contributed by atoms with E-state index in [1.54, 1.807) is 18.2 Å². The van der Waals surface area contributed by atoms with Gasteiger partial charge >= 0.3 is 5.97 Å². The first-order valence-corrected chi connectivity index (χ1v) is 6.95. The van der Waals surface area contributed by atoms with Gasteiger partial charge in [-0.25, -0.2) is 4.79 Å². The maximum atomic E-state index is 11.5. The zero-order valence-electron chi connectivity index (χ0n) is 9.88. The van der Waals surface area contributed by atoms with Crippen LogP contribution in [0.4, 0.5) is 4.79 Å². The largest absolute Gasteiger partial charge is 0.481 e. The van der Waals surface area contributed by atoms with E-state index in [0.717, 1.165) is 16.2 Å². The predicted octanol–water partition coefficient (Wildman–Crippen LogP) is 2.24. The molecule has 2 amide bonds. The van der Waals surface area contributed by atoms with Crippen LogP contribution in [-0.4, -0.2) is 28.8 Å². The van der Waals surface area contributed by atoms with E-state index in [4.69, 9.17) is 9.84 Å². The Bertz CT molecular complexity index is 628. The van der Waals surface area contributed by atoms with Gasteiger partial charge in [-0.05, 0) is 36.0 Å². The number of ether oxygens (including phenoxy) is 1. The molecule has 2 rings (SSSR count). The highest BCUT2D eigenvalue weighted by molar-refractivity contribution is 9.10. The van der Waals surface area contributed by atoms with Crippen molar-refractivity contribution in [3.8, 4) is 5.75 Å². The number of hydrogen-bond acceptors (Lipinski definition) is 5. The summed E-state index contributed by atoms with van der Waals surface area (Å²) in [6.07, 6.45) is 1.48. The van der Waals surface area contributed by atoms with Crippen LogP contribution in [0.3, 0.4) is 0 Å². The molecule has 0 bridgehead atoms. The van der Waals surface area contributed by atoms with Gasteiger partial charge in [0, 0.05) is 10.0 Å². The van der Waals surface area contributed by atoms with Gasteiger partial charge in [0.2, 0.25) is 0 Å². The average molecular weight is 358 g/mol. The van der Waals surface area contributed by atoms with Gasteiger partial charge in [0.15, 0.2) is 6.61 Å². The van der Waals surface area contributed by atoms with E-state index in [2.05, 4.69) is 21.2 Å². The number of aliphatic carboxylic acids is 1. The van der Waals surface area contributed by atoms with Gasteiger partial charge in [-0.15, -0.1) is 0 Å². The topological polar surface area (TPSA) is 92.7 Å². The van der Waals surface area contributed by atoms with Crippen LogP contribution in [0.2, 0.25) is 0 Å². The summed E-state index contributed by atoms with van der Waals surface area (Å²) in [5.41, 5.74) is 0.507. The zero-order chi connectivity index (χ0) is 14.7. The van der Waals surface area contributed by atoms with Crippen LogP contribution in [-0.2, 0) is 9.59 Å². The smallest absolute Gasteiger partial charge is 0.341 e. The van der Waals surface area contributed by atoms with Crippen LogP contribution >= 0.6 is 27.7 Å². The van der Waals surface area contributed by atoms with Gasteiger partial charge in [-0.2, -0.15) is 0 Å². The van der Waals surface area contributed by atoms with Crippen molar-refractivity contribution >= 4 is 50.9 Å². The molecule has 20 heavy (non-hydrogen) atoms. The minimum absolute atomic E-state index is 0.230. The Kier molecular flexibility index (Phi) is 4.46. The second-order valence-electron chi connectivity index (χ2n) is 3.72. The number of thioether (sulfide) groups is 1. The van der Waals surface area contributed by atoms with Crippen LogP contribution in [0.1, 0.15) is 5.56 Å². The molecule has 0 aliphatic carbocycles. The predicted molar refractivity (Wildman–Crippen MR) is 76.4 cm³/mol. The van der Waals surface area contributed by atoms with Crippen molar-refractivity contribution in [2.24, 2.45) is 0 Å². The number of carboxylic acids is 1. The molecule has 1 aliphatic heterocycles.